The smallest absolute Gasteiger partial charge is 0.305 e. The molecule has 4 fully saturated rings. The number of esters is 1. The van der Waals surface area contributed by atoms with Gasteiger partial charge in [-0.3, -0.25) is 72.1 Å². The fourth-order valence-electron chi connectivity index (χ4n) is 18.6. The van der Waals surface area contributed by atoms with E-state index in [1.807, 2.05) is 17.1 Å². The third-order valence-electron chi connectivity index (χ3n) is 24.3. The van der Waals surface area contributed by atoms with Crippen LogP contribution in [-0.2, 0) is 99.8 Å². The van der Waals surface area contributed by atoms with Crippen molar-refractivity contribution >= 4 is 99.1 Å². The molecule has 2 aromatic heterocycles. The van der Waals surface area contributed by atoms with Gasteiger partial charge in [0.15, 0.2) is 0 Å². The maximum Gasteiger partial charge on any atom is 0.305 e. The van der Waals surface area contributed by atoms with E-state index in [2.05, 4.69) is 184 Å². The second kappa shape index (κ2) is 44.9. The molecule has 0 aliphatic carbocycles. The minimum atomic E-state index is -0.671. The van der Waals surface area contributed by atoms with Crippen LogP contribution in [0.2, 0.25) is 20.1 Å². The van der Waals surface area contributed by atoms with Crippen LogP contribution >= 0.6 is 46.4 Å². The van der Waals surface area contributed by atoms with Gasteiger partial charge in [-0.2, -0.15) is 0 Å². The molecule has 0 atom stereocenters. The van der Waals surface area contributed by atoms with E-state index in [4.69, 9.17) is 51.5 Å². The lowest BCUT2D eigenvalue weighted by molar-refractivity contribution is -0.140. The molecule has 34 heteroatoms. The topological polar surface area (TPSA) is 326 Å². The Morgan fingerprint density at radius 2 is 0.659 bits per heavy atom. The number of Topliss-reactive ketones (excluding diaryl/α,β-unsaturated/α-hetero) is 4. The molecule has 10 rings (SSSR count). The summed E-state index contributed by atoms with van der Waals surface area (Å²) in [4.78, 5) is 120. The molecule has 26 nitrogen and oxygen atoms in total. The molecular weight excluding hydrogens is 1710 g/mol. The predicted molar refractivity (Wildman–Crippen MR) is 477 cm³/mol. The number of amides is 4. The van der Waals surface area contributed by atoms with Gasteiger partial charge in [0, 0.05) is 159 Å². The van der Waals surface area contributed by atoms with Crippen molar-refractivity contribution in [2.45, 2.75) is 321 Å². The monoisotopic (exact) mass is 1840 g/mol. The molecule has 0 radical (unpaired) electrons. The van der Waals surface area contributed by atoms with Crippen LogP contribution in [0.1, 0.15) is 234 Å². The number of carbonyl (C=O) groups excluding carboxylic acids is 9. The highest BCUT2D eigenvalue weighted by atomic mass is 35.5. The van der Waals surface area contributed by atoms with Gasteiger partial charge < -0.3 is 36.2 Å². The van der Waals surface area contributed by atoms with Crippen molar-refractivity contribution in [1.29, 1.82) is 0 Å². The van der Waals surface area contributed by atoms with Crippen LogP contribution < -0.4 is 21.3 Å². The maximum absolute atomic E-state index is 13.7. The molecule has 0 saturated carbocycles. The summed E-state index contributed by atoms with van der Waals surface area (Å²) in [5, 5.41) is 46.7. The number of halogens is 8. The SMILES string of the molecule is CC1(C)CC(NC(=O)C(=O)Cc2ccc(Cl)c(F)c2)CC(C)(C)N1CCCO.CC1(C)CC(NC(=O)C(=O)Cc2ccc(Cl)c(F)c2)CC(C)(C)N1Cc1cn(CCCCCO)nn1.CN1C(C)(C)CC(NC(=O)C(=O)Cc2ccc(Cl)c(F)c2)CC1(C)C.COC(=O)CCCn1cc(CN2C(C)(C)CC(NC(=O)C(=O)Cc3ccc(Cl)c(F)c3)CC2(C)C)nn1. The lowest BCUT2D eigenvalue weighted by Crippen LogP contribution is -2.64. The summed E-state index contributed by atoms with van der Waals surface area (Å²) < 4.78 is 62.6. The van der Waals surface area contributed by atoms with Gasteiger partial charge in [-0.15, -0.1) is 10.2 Å². The number of aliphatic hydroxyl groups is 2. The van der Waals surface area contributed by atoms with Gasteiger partial charge in [-0.25, -0.2) is 17.6 Å². The van der Waals surface area contributed by atoms with Crippen molar-refractivity contribution in [2.75, 3.05) is 33.9 Å². The van der Waals surface area contributed by atoms with Gasteiger partial charge in [-0.1, -0.05) is 81.1 Å². The zero-order chi connectivity index (χ0) is 94.0. The van der Waals surface area contributed by atoms with Crippen LogP contribution in [0, 0.1) is 23.3 Å². The minimum Gasteiger partial charge on any atom is -0.469 e. The first-order chi connectivity index (χ1) is 58.6. The van der Waals surface area contributed by atoms with Crippen LogP contribution in [0.15, 0.2) is 85.2 Å². The molecule has 4 aromatic carbocycles. The number of benzene rings is 4. The maximum atomic E-state index is 13.7. The number of aliphatic hydroxyl groups excluding tert-OH is 2. The average Bonchev–Trinajstić information content (AvgIpc) is 1.03. The lowest BCUT2D eigenvalue weighted by Gasteiger charge is -2.55. The number of ether oxygens (including phenoxy) is 1. The number of hydrogen-bond acceptors (Lipinski definition) is 20. The number of methoxy groups -OCH3 is 1. The molecular formula is C92H128Cl4F4N14O12. The number of nitrogens with zero attached hydrogens (tertiary/aromatic N) is 10. The van der Waals surface area contributed by atoms with Gasteiger partial charge in [0.2, 0.25) is 23.1 Å². The summed E-state index contributed by atoms with van der Waals surface area (Å²) in [7, 11) is 3.45. The van der Waals surface area contributed by atoms with Crippen molar-refractivity contribution < 1.29 is 75.7 Å². The number of ketones is 4. The third kappa shape index (κ3) is 30.5. The molecule has 4 aliphatic heterocycles. The van der Waals surface area contributed by atoms with E-state index >= 15 is 0 Å². The highest BCUT2D eigenvalue weighted by Gasteiger charge is 2.50. The van der Waals surface area contributed by atoms with Crippen molar-refractivity contribution in [2.24, 2.45) is 0 Å². The highest BCUT2D eigenvalue weighted by Crippen LogP contribution is 2.43. The van der Waals surface area contributed by atoms with Crippen LogP contribution in [0.4, 0.5) is 17.6 Å². The van der Waals surface area contributed by atoms with E-state index in [-0.39, 0.29) is 133 Å². The number of nitrogens with one attached hydrogen (secondary N) is 4. The Bertz CT molecular complexity index is 4730. The van der Waals surface area contributed by atoms with Gasteiger partial charge in [0.25, 0.3) is 23.6 Å². The Hall–Kier alpha value is -8.17. The Balaban J connectivity index is 0.000000233. The number of hydrogen-bond donors (Lipinski definition) is 6. The minimum absolute atomic E-state index is 0.00330. The zero-order valence-electron chi connectivity index (χ0n) is 76.0. The molecule has 6 heterocycles. The number of rotatable bonds is 32. The quantitative estimate of drug-likeness (QED) is 0.00989. The van der Waals surface area contributed by atoms with Gasteiger partial charge >= 0.3 is 5.97 Å². The third-order valence-corrected chi connectivity index (χ3v) is 25.5. The van der Waals surface area contributed by atoms with Crippen LogP contribution in [0.5, 0.6) is 0 Å². The summed E-state index contributed by atoms with van der Waals surface area (Å²) in [6.07, 6.45) is 13.0. The molecule has 0 bridgehead atoms. The Labute approximate surface area is 758 Å². The summed E-state index contributed by atoms with van der Waals surface area (Å²) in [5.41, 5.74) is 1.67. The second-order valence-corrected chi connectivity index (χ2v) is 40.2. The molecule has 4 saturated heterocycles. The molecule has 0 unspecified atom stereocenters. The molecule has 126 heavy (non-hydrogen) atoms. The molecule has 6 aromatic rings. The normalized spacial score (nSPS) is 18.5. The Morgan fingerprint density at radius 1 is 0.389 bits per heavy atom. The molecule has 6 N–H and O–H groups in total. The summed E-state index contributed by atoms with van der Waals surface area (Å²) in [5.74, 6) is -7.66. The largest absolute Gasteiger partial charge is 0.469 e. The van der Waals surface area contributed by atoms with E-state index in [1.165, 1.54) is 61.7 Å². The van der Waals surface area contributed by atoms with E-state index in [1.54, 1.807) is 22.9 Å². The fourth-order valence-corrected chi connectivity index (χ4v) is 19.0. The highest BCUT2D eigenvalue weighted by molar-refractivity contribution is 6.38. The fraction of sp³-hybridized carbons (Fsp3) is 0.598. The van der Waals surface area contributed by atoms with E-state index < -0.39 is 70.0 Å². The first-order valence-corrected chi connectivity index (χ1v) is 44.4. The molecule has 694 valence electrons. The number of carbonyl (C=O) groups is 9. The zero-order valence-corrected chi connectivity index (χ0v) is 79.1. The standard InChI is InChI=1S/C26H35ClFN5O4.C26H37ClFN5O3.C21H30ClFN2O3.C19H26ClFN2O2/c1-25(2)13-18(29-24(36)22(34)12-17-8-9-20(27)21(28)11-17)14-26(3,4)33(25)16-19-15-32(31-30-19)10-6-7-23(35)37-5;1-25(2)14-19(29-24(36)23(35)13-18-8-9-21(27)22(28)12-18)15-26(3,4)33(25)17-20-16-32(31-30-20)10-6-5-7-11-34;1-20(2)12-15(13-21(3,4)25(20)8-5-9-26)24-19(28)18(27)11-14-6-7-16(22)17(23)10-14;1-18(2)10-13(11-19(3,4)23(18)5)22-17(25)16(24)9-12-6-7-14(20)15(21)8-12/h8-9,11,15,18H,6-7,10,12-14,16H2,1-5H3,(H,29,36);8-9,12,16,19,34H,5-7,10-11,13-15,17H2,1-4H3,(H,29,36);6-7,10,15,26H,5,8-9,11-13H2,1-4H3,(H,24,28);6-8,13H,9-11H2,1-5H3,(H,22,25). The van der Waals surface area contributed by atoms with Crippen molar-refractivity contribution in [3.05, 3.63) is 162 Å². The summed E-state index contributed by atoms with van der Waals surface area (Å²) in [6.45, 7) is 37.6. The number of aryl methyl sites for hydroxylation is 2. The van der Waals surface area contributed by atoms with Crippen molar-refractivity contribution in [1.82, 2.24) is 70.9 Å². The Kier molecular flexibility index (Phi) is 37.4. The van der Waals surface area contributed by atoms with Crippen LogP contribution in [-0.4, -0.2) is 215 Å². The van der Waals surface area contributed by atoms with Gasteiger partial charge in [0.05, 0.1) is 38.6 Å². The number of piperidine rings is 4. The van der Waals surface area contributed by atoms with Gasteiger partial charge in [0.1, 0.15) is 23.3 Å². The van der Waals surface area contributed by atoms with E-state index in [0.717, 1.165) is 56.6 Å². The van der Waals surface area contributed by atoms with E-state index in [9.17, 15) is 65.8 Å². The summed E-state index contributed by atoms with van der Waals surface area (Å²) >= 11 is 22.7. The first-order valence-electron chi connectivity index (χ1n) is 42.8. The summed E-state index contributed by atoms with van der Waals surface area (Å²) in [6, 6.07) is 15.9. The first kappa shape index (κ1) is 105. The van der Waals surface area contributed by atoms with Crippen molar-refractivity contribution in [3.8, 4) is 0 Å². The second-order valence-electron chi connectivity index (χ2n) is 38.6. The number of aromatic nitrogens is 6. The lowest BCUT2D eigenvalue weighted by atomic mass is 9.76. The number of unbranched alkanes of at least 4 members (excludes halogenated alkanes) is 2. The van der Waals surface area contributed by atoms with Crippen molar-refractivity contribution in [3.63, 3.8) is 0 Å². The molecule has 4 aliphatic rings. The van der Waals surface area contributed by atoms with Gasteiger partial charge in [-0.05, 0) is 272 Å². The average molecular weight is 1840 g/mol. The van der Waals surface area contributed by atoms with E-state index in [0.29, 0.717) is 99.7 Å². The predicted octanol–water partition coefficient (Wildman–Crippen LogP) is 13.6. The van der Waals surface area contributed by atoms with Crippen LogP contribution in [0.3, 0.4) is 0 Å². The Morgan fingerprint density at radius 3 is 0.929 bits per heavy atom. The van der Waals surface area contributed by atoms with Crippen LogP contribution in [0.25, 0.3) is 0 Å². The molecule has 4 amide bonds. The molecule has 0 spiro atoms. The number of likely N-dealkylation sites (tertiary alicyclic amines) is 4.